The molecule has 1 unspecified atom stereocenters. The second-order valence-electron chi connectivity index (χ2n) is 6.38. The summed E-state index contributed by atoms with van der Waals surface area (Å²) >= 11 is 0. The highest BCUT2D eigenvalue weighted by molar-refractivity contribution is 5.83. The van der Waals surface area contributed by atoms with Gasteiger partial charge in [-0.15, -0.1) is 0 Å². The molecular formula is C17H26N2O. The molecule has 2 N–H and O–H groups in total. The second kappa shape index (κ2) is 5.96. The molecular weight excluding hydrogens is 248 g/mol. The van der Waals surface area contributed by atoms with Gasteiger partial charge in [0.25, 0.3) is 0 Å². The third kappa shape index (κ3) is 3.21. The molecule has 1 fully saturated rings. The van der Waals surface area contributed by atoms with Crippen molar-refractivity contribution in [1.82, 2.24) is 4.90 Å². The number of rotatable bonds is 3. The number of carbonyl (C=O) groups is 1. The lowest BCUT2D eigenvalue weighted by molar-refractivity contribution is -0.135. The molecule has 1 saturated heterocycles. The summed E-state index contributed by atoms with van der Waals surface area (Å²) in [6, 6.07) is 7.40. The number of hydrogen-bond acceptors (Lipinski definition) is 2. The molecule has 1 aromatic rings. The van der Waals surface area contributed by atoms with E-state index >= 15 is 0 Å². The van der Waals surface area contributed by atoms with E-state index in [-0.39, 0.29) is 5.91 Å². The second-order valence-corrected chi connectivity index (χ2v) is 6.38. The van der Waals surface area contributed by atoms with E-state index in [9.17, 15) is 4.79 Å². The van der Waals surface area contributed by atoms with Gasteiger partial charge in [0.15, 0.2) is 0 Å². The Bertz CT molecular complexity index is 458. The van der Waals surface area contributed by atoms with E-state index < -0.39 is 6.04 Å². The predicted molar refractivity (Wildman–Crippen MR) is 82.3 cm³/mol. The Morgan fingerprint density at radius 3 is 2.35 bits per heavy atom. The van der Waals surface area contributed by atoms with Crippen molar-refractivity contribution < 1.29 is 4.79 Å². The number of nitrogens with two attached hydrogens (primary N) is 1. The van der Waals surface area contributed by atoms with Crippen molar-refractivity contribution in [2.45, 2.75) is 46.1 Å². The average molecular weight is 274 g/mol. The van der Waals surface area contributed by atoms with Gasteiger partial charge in [-0.1, -0.05) is 50.1 Å². The topological polar surface area (TPSA) is 46.3 Å². The molecule has 1 aliphatic rings. The van der Waals surface area contributed by atoms with E-state index in [1.54, 1.807) is 0 Å². The van der Waals surface area contributed by atoms with Crippen molar-refractivity contribution in [2.75, 3.05) is 13.1 Å². The Morgan fingerprint density at radius 2 is 1.85 bits per heavy atom. The quantitative estimate of drug-likeness (QED) is 0.921. The van der Waals surface area contributed by atoms with Crippen LogP contribution in [0.15, 0.2) is 24.3 Å². The minimum Gasteiger partial charge on any atom is -0.341 e. The maximum atomic E-state index is 12.5. The monoisotopic (exact) mass is 274 g/mol. The minimum absolute atomic E-state index is 0.0620. The standard InChI is InChI=1S/C17H26N2O/c1-4-17(3)9-11-19(12-10-17)16(20)15(18)14-7-5-13(2)6-8-14/h5-8,15H,4,9-12,18H2,1-3H3. The van der Waals surface area contributed by atoms with Gasteiger partial charge in [0.05, 0.1) is 0 Å². The first kappa shape index (κ1) is 15.0. The van der Waals surface area contributed by atoms with Gasteiger partial charge in [-0.25, -0.2) is 0 Å². The molecule has 1 aromatic carbocycles. The van der Waals surface area contributed by atoms with Crippen LogP contribution in [0.4, 0.5) is 0 Å². The van der Waals surface area contributed by atoms with Crippen LogP contribution in [0.25, 0.3) is 0 Å². The van der Waals surface area contributed by atoms with Gasteiger partial charge in [0, 0.05) is 13.1 Å². The van der Waals surface area contributed by atoms with Gasteiger partial charge in [0.1, 0.15) is 6.04 Å². The maximum absolute atomic E-state index is 12.5. The lowest BCUT2D eigenvalue weighted by atomic mass is 9.78. The summed E-state index contributed by atoms with van der Waals surface area (Å²) < 4.78 is 0. The number of piperidine rings is 1. The summed E-state index contributed by atoms with van der Waals surface area (Å²) in [7, 11) is 0. The van der Waals surface area contributed by atoms with Crippen LogP contribution in [-0.2, 0) is 4.79 Å². The van der Waals surface area contributed by atoms with Crippen molar-refractivity contribution in [2.24, 2.45) is 11.1 Å². The van der Waals surface area contributed by atoms with Crippen molar-refractivity contribution in [3.8, 4) is 0 Å². The molecule has 3 nitrogen and oxygen atoms in total. The first-order chi connectivity index (χ1) is 9.45. The highest BCUT2D eigenvalue weighted by atomic mass is 16.2. The zero-order valence-electron chi connectivity index (χ0n) is 12.9. The summed E-state index contributed by atoms with van der Waals surface area (Å²) in [5, 5.41) is 0. The van der Waals surface area contributed by atoms with E-state index in [4.69, 9.17) is 5.73 Å². The van der Waals surface area contributed by atoms with Crippen LogP contribution < -0.4 is 5.73 Å². The number of amides is 1. The fourth-order valence-corrected chi connectivity index (χ4v) is 2.73. The van der Waals surface area contributed by atoms with Gasteiger partial charge >= 0.3 is 0 Å². The molecule has 0 bridgehead atoms. The number of carbonyl (C=O) groups excluding carboxylic acids is 1. The zero-order valence-corrected chi connectivity index (χ0v) is 12.9. The molecule has 0 aliphatic carbocycles. The Labute approximate surface area is 122 Å². The van der Waals surface area contributed by atoms with E-state index in [0.717, 1.165) is 31.5 Å². The third-order valence-electron chi connectivity index (χ3n) is 4.84. The van der Waals surface area contributed by atoms with E-state index in [1.165, 1.54) is 12.0 Å². The van der Waals surface area contributed by atoms with Crippen LogP contribution in [-0.4, -0.2) is 23.9 Å². The summed E-state index contributed by atoms with van der Waals surface area (Å²) in [6.45, 7) is 8.25. The SMILES string of the molecule is CCC1(C)CCN(C(=O)C(N)c2ccc(C)cc2)CC1. The predicted octanol–water partition coefficient (Wildman–Crippen LogP) is 3.03. The molecule has 110 valence electrons. The summed E-state index contributed by atoms with van der Waals surface area (Å²) in [4.78, 5) is 14.4. The Morgan fingerprint density at radius 1 is 1.30 bits per heavy atom. The molecule has 0 aromatic heterocycles. The van der Waals surface area contributed by atoms with Crippen molar-refractivity contribution in [1.29, 1.82) is 0 Å². The van der Waals surface area contributed by atoms with Crippen molar-refractivity contribution in [3.05, 3.63) is 35.4 Å². The Kier molecular flexibility index (Phi) is 4.48. The van der Waals surface area contributed by atoms with Gasteiger partial charge in [-0.2, -0.15) is 0 Å². The Balaban J connectivity index is 2.00. The maximum Gasteiger partial charge on any atom is 0.244 e. The number of benzene rings is 1. The van der Waals surface area contributed by atoms with E-state index in [1.807, 2.05) is 36.1 Å². The number of aryl methyl sites for hydroxylation is 1. The summed E-state index contributed by atoms with van der Waals surface area (Å²) in [5.41, 5.74) is 8.61. The van der Waals surface area contributed by atoms with Crippen molar-refractivity contribution in [3.63, 3.8) is 0 Å². The zero-order chi connectivity index (χ0) is 14.8. The van der Waals surface area contributed by atoms with Gasteiger partial charge in [-0.05, 0) is 30.7 Å². The molecule has 1 atom stereocenters. The van der Waals surface area contributed by atoms with Gasteiger partial charge < -0.3 is 10.6 Å². The van der Waals surface area contributed by atoms with Crippen LogP contribution in [0.5, 0.6) is 0 Å². The summed E-state index contributed by atoms with van der Waals surface area (Å²) in [6.07, 6.45) is 3.34. The normalized spacial score (nSPS) is 19.7. The smallest absolute Gasteiger partial charge is 0.244 e. The molecule has 2 rings (SSSR count). The van der Waals surface area contributed by atoms with Crippen LogP contribution >= 0.6 is 0 Å². The lowest BCUT2D eigenvalue weighted by Crippen LogP contribution is -2.45. The molecule has 1 heterocycles. The lowest BCUT2D eigenvalue weighted by Gasteiger charge is -2.39. The minimum atomic E-state index is -0.526. The fraction of sp³-hybridized carbons (Fsp3) is 0.588. The highest BCUT2D eigenvalue weighted by Gasteiger charge is 2.32. The molecule has 20 heavy (non-hydrogen) atoms. The Hall–Kier alpha value is -1.35. The highest BCUT2D eigenvalue weighted by Crippen LogP contribution is 2.34. The van der Waals surface area contributed by atoms with Crippen molar-refractivity contribution >= 4 is 5.91 Å². The van der Waals surface area contributed by atoms with Crippen LogP contribution in [0, 0.1) is 12.3 Å². The molecule has 1 aliphatic heterocycles. The van der Waals surface area contributed by atoms with Gasteiger partial charge in [0.2, 0.25) is 5.91 Å². The number of hydrogen-bond donors (Lipinski definition) is 1. The first-order valence-electron chi connectivity index (χ1n) is 7.56. The molecule has 0 radical (unpaired) electrons. The third-order valence-corrected chi connectivity index (χ3v) is 4.84. The first-order valence-corrected chi connectivity index (χ1v) is 7.56. The van der Waals surface area contributed by atoms with Crippen LogP contribution in [0.1, 0.15) is 50.3 Å². The number of nitrogens with zero attached hydrogens (tertiary/aromatic N) is 1. The molecule has 0 saturated carbocycles. The largest absolute Gasteiger partial charge is 0.341 e. The van der Waals surface area contributed by atoms with Crippen LogP contribution in [0.3, 0.4) is 0 Å². The van der Waals surface area contributed by atoms with Gasteiger partial charge in [-0.3, -0.25) is 4.79 Å². The van der Waals surface area contributed by atoms with Crippen LogP contribution in [0.2, 0.25) is 0 Å². The summed E-state index contributed by atoms with van der Waals surface area (Å²) in [5.74, 6) is 0.0620. The fourth-order valence-electron chi connectivity index (χ4n) is 2.73. The molecule has 3 heteroatoms. The molecule has 1 amide bonds. The van der Waals surface area contributed by atoms with E-state index in [0.29, 0.717) is 5.41 Å². The molecule has 0 spiro atoms. The number of likely N-dealkylation sites (tertiary alicyclic amines) is 1. The average Bonchev–Trinajstić information content (AvgIpc) is 2.47. The van der Waals surface area contributed by atoms with E-state index in [2.05, 4.69) is 13.8 Å².